The van der Waals surface area contributed by atoms with Crippen LogP contribution in [0.2, 0.25) is 0 Å². The van der Waals surface area contributed by atoms with Crippen molar-refractivity contribution >= 4 is 29.3 Å². The van der Waals surface area contributed by atoms with E-state index in [9.17, 15) is 44.4 Å². The summed E-state index contributed by atoms with van der Waals surface area (Å²) in [5.41, 5.74) is -7.08. The summed E-state index contributed by atoms with van der Waals surface area (Å²) in [5.74, 6) is -10.1. The van der Waals surface area contributed by atoms with Gasteiger partial charge in [0.15, 0.2) is 11.4 Å². The molecule has 12 nitrogen and oxygen atoms in total. The molecule has 12 heteroatoms. The second-order valence-electron chi connectivity index (χ2n) is 14.8. The van der Waals surface area contributed by atoms with E-state index in [1.807, 2.05) is 0 Å². The molecule has 0 aromatic rings. The molecule has 6 fully saturated rings. The lowest BCUT2D eigenvalue weighted by atomic mass is 9.40. The van der Waals surface area contributed by atoms with E-state index in [4.69, 9.17) is 14.2 Å². The minimum Gasteiger partial charge on any atom is -0.462 e. The zero-order valence-electron chi connectivity index (χ0n) is 25.6. The molecule has 2 saturated heterocycles. The van der Waals surface area contributed by atoms with Crippen LogP contribution in [-0.4, -0.2) is 91.9 Å². The van der Waals surface area contributed by atoms with Crippen LogP contribution in [0.3, 0.4) is 0 Å². The molecule has 0 bridgehead atoms. The fourth-order valence-corrected chi connectivity index (χ4v) is 11.7. The van der Waals surface area contributed by atoms with Crippen LogP contribution >= 0.6 is 0 Å². The summed E-state index contributed by atoms with van der Waals surface area (Å²) in [7, 11) is 0. The van der Waals surface area contributed by atoms with Crippen molar-refractivity contribution in [2.75, 3.05) is 0 Å². The van der Waals surface area contributed by atoms with Gasteiger partial charge >= 0.3 is 11.9 Å². The van der Waals surface area contributed by atoms with E-state index in [-0.39, 0.29) is 18.6 Å². The van der Waals surface area contributed by atoms with Crippen LogP contribution < -0.4 is 0 Å². The molecule has 0 aromatic carbocycles. The Morgan fingerprint density at radius 2 is 1.57 bits per heavy atom. The van der Waals surface area contributed by atoms with E-state index in [0.29, 0.717) is 0 Å². The molecule has 4 saturated carbocycles. The van der Waals surface area contributed by atoms with Crippen LogP contribution in [0.15, 0.2) is 11.8 Å². The molecule has 0 amide bonds. The predicted octanol–water partition coefficient (Wildman–Crippen LogP) is -0.132. The molecule has 17 unspecified atom stereocenters. The van der Waals surface area contributed by atoms with Gasteiger partial charge in [-0.3, -0.25) is 19.2 Å². The Hall–Kier alpha value is -2.51. The predicted molar refractivity (Wildman–Crippen MR) is 146 cm³/mol. The van der Waals surface area contributed by atoms with Crippen molar-refractivity contribution in [2.45, 2.75) is 96.6 Å². The van der Waals surface area contributed by atoms with E-state index >= 15 is 0 Å². The van der Waals surface area contributed by atoms with Gasteiger partial charge in [0.1, 0.15) is 35.6 Å². The Morgan fingerprint density at radius 1 is 0.932 bits per heavy atom. The van der Waals surface area contributed by atoms with E-state index in [1.54, 1.807) is 19.9 Å². The molecule has 7 aliphatic rings. The molecular formula is C32H40O12. The molecule has 5 aliphatic carbocycles. The third-order valence-corrected chi connectivity index (χ3v) is 13.5. The maximum absolute atomic E-state index is 14.5. The average Bonchev–Trinajstić information content (AvgIpc) is 3.61. The monoisotopic (exact) mass is 616 g/mol. The zero-order chi connectivity index (χ0) is 32.2. The smallest absolute Gasteiger partial charge is 0.343 e. The maximum Gasteiger partial charge on any atom is 0.343 e. The summed E-state index contributed by atoms with van der Waals surface area (Å²) in [6, 6.07) is 0. The Balaban J connectivity index is 1.51. The van der Waals surface area contributed by atoms with Crippen molar-refractivity contribution in [1.29, 1.82) is 0 Å². The van der Waals surface area contributed by atoms with Crippen LogP contribution in [-0.2, 0) is 38.2 Å². The van der Waals surface area contributed by atoms with Crippen LogP contribution in [0.25, 0.3) is 0 Å². The number of carbonyl (C=O) groups excluding carboxylic acids is 5. The first-order chi connectivity index (χ1) is 20.4. The first kappa shape index (κ1) is 30.2. The first-order valence-electron chi connectivity index (χ1n) is 15.5. The van der Waals surface area contributed by atoms with Crippen molar-refractivity contribution in [1.82, 2.24) is 0 Å². The topological polar surface area (TPSA) is 197 Å². The number of Topliss-reactive ketones (excluding diaryl/α,β-unsaturated/α-hetero) is 3. The van der Waals surface area contributed by atoms with E-state index in [0.717, 1.165) is 0 Å². The number of allylic oxidation sites excluding steroid dienone is 1. The number of aliphatic hydroxyl groups excluding tert-OH is 3. The van der Waals surface area contributed by atoms with Gasteiger partial charge in [-0.25, -0.2) is 4.79 Å². The first-order valence-corrected chi connectivity index (χ1v) is 15.5. The van der Waals surface area contributed by atoms with Gasteiger partial charge < -0.3 is 34.6 Å². The van der Waals surface area contributed by atoms with Crippen molar-refractivity contribution in [2.24, 2.45) is 57.7 Å². The van der Waals surface area contributed by atoms with Gasteiger partial charge in [-0.2, -0.15) is 0 Å². The quantitative estimate of drug-likeness (QED) is 0.242. The van der Waals surface area contributed by atoms with Gasteiger partial charge in [-0.15, -0.1) is 0 Å². The highest BCUT2D eigenvalue weighted by Crippen LogP contribution is 2.75. The zero-order valence-corrected chi connectivity index (χ0v) is 25.6. The third kappa shape index (κ3) is 3.05. The molecule has 0 radical (unpaired) electrons. The number of ether oxygens (including phenoxy) is 3. The molecule has 2 heterocycles. The van der Waals surface area contributed by atoms with Gasteiger partial charge in [0, 0.05) is 30.6 Å². The van der Waals surface area contributed by atoms with Crippen molar-refractivity contribution in [3.63, 3.8) is 0 Å². The maximum atomic E-state index is 14.5. The largest absolute Gasteiger partial charge is 0.462 e. The minimum absolute atomic E-state index is 0.150. The number of fused-ring (bicyclic) bond motifs is 10. The minimum atomic E-state index is -2.13. The summed E-state index contributed by atoms with van der Waals surface area (Å²) in [6.45, 7) is 8.44. The van der Waals surface area contributed by atoms with E-state index in [2.05, 4.69) is 0 Å². The number of carbonyl (C=O) groups is 5. The van der Waals surface area contributed by atoms with E-state index < -0.39 is 129 Å². The molecule has 240 valence electrons. The number of hydrogen-bond acceptors (Lipinski definition) is 12. The molecule has 0 spiro atoms. The highest BCUT2D eigenvalue weighted by Gasteiger charge is 2.83. The van der Waals surface area contributed by atoms with Gasteiger partial charge in [0.2, 0.25) is 0 Å². The van der Waals surface area contributed by atoms with Gasteiger partial charge in [-0.1, -0.05) is 6.92 Å². The van der Waals surface area contributed by atoms with Crippen molar-refractivity contribution in [3.05, 3.63) is 11.8 Å². The number of esters is 2. The lowest BCUT2D eigenvalue weighted by molar-refractivity contribution is -0.222. The number of hydrogen-bond donors (Lipinski definition) is 4. The second kappa shape index (κ2) is 8.85. The highest BCUT2D eigenvalue weighted by atomic mass is 16.6. The molecule has 17 atom stereocenters. The highest BCUT2D eigenvalue weighted by molar-refractivity contribution is 5.95. The lowest BCUT2D eigenvalue weighted by Gasteiger charge is -2.62. The number of ketones is 3. The average molecular weight is 617 g/mol. The van der Waals surface area contributed by atoms with E-state index in [1.165, 1.54) is 27.7 Å². The molecule has 2 aliphatic heterocycles. The summed E-state index contributed by atoms with van der Waals surface area (Å²) >= 11 is 0. The van der Waals surface area contributed by atoms with Crippen LogP contribution in [0.1, 0.15) is 54.4 Å². The lowest BCUT2D eigenvalue weighted by Crippen LogP contribution is -2.73. The number of rotatable bonds is 3. The Morgan fingerprint density at radius 3 is 2.16 bits per heavy atom. The fourth-order valence-electron chi connectivity index (χ4n) is 11.7. The van der Waals surface area contributed by atoms with Crippen LogP contribution in [0, 0.1) is 57.7 Å². The second-order valence-corrected chi connectivity index (χ2v) is 14.8. The number of aliphatic hydroxyl groups is 4. The van der Waals surface area contributed by atoms with Crippen LogP contribution in [0.5, 0.6) is 0 Å². The SMILES string of the molecule is CC(=O)OC1C2C3C(=O)C(O)C4CC5OC5C(O)C4(C(C)=O)C3CC(O)C2(C(C)=O)C2C(C)C=C3OC(=O)C(C)(O)C3(C)C12. The summed E-state index contributed by atoms with van der Waals surface area (Å²) in [4.78, 5) is 68.3. The van der Waals surface area contributed by atoms with Gasteiger partial charge in [-0.05, 0) is 64.4 Å². The van der Waals surface area contributed by atoms with Gasteiger partial charge in [0.05, 0.1) is 34.6 Å². The summed E-state index contributed by atoms with van der Waals surface area (Å²) < 4.78 is 17.3. The Kier molecular flexibility index (Phi) is 6.06. The molecule has 7 rings (SSSR count). The fraction of sp³-hybridized carbons (Fsp3) is 0.781. The molecular weight excluding hydrogens is 576 g/mol. The summed E-state index contributed by atoms with van der Waals surface area (Å²) in [5, 5.41) is 47.4. The number of epoxide rings is 1. The van der Waals surface area contributed by atoms with Crippen molar-refractivity contribution in [3.8, 4) is 0 Å². The van der Waals surface area contributed by atoms with Crippen LogP contribution in [0.4, 0.5) is 0 Å². The van der Waals surface area contributed by atoms with Gasteiger partial charge in [0.25, 0.3) is 0 Å². The third-order valence-electron chi connectivity index (χ3n) is 13.5. The normalized spacial score (nSPS) is 56.5. The summed E-state index contributed by atoms with van der Waals surface area (Å²) in [6.07, 6.45) is -5.34. The molecule has 44 heavy (non-hydrogen) atoms. The molecule has 4 N–H and O–H groups in total. The standard InChI is InChI=1S/C32H40O12/c1-10-7-18-29(5,30(6,41)28(40)44-18)22-20(10)32(12(3)34)17(36)9-14-19(21(32)26(22)42-13(4)35)24(38)23(37)15-8-16-25(43-16)27(39)31(14,15)11(2)33/h7,10,14-17,19-23,25-27,36-37,39,41H,8-9H2,1-6H3. The van der Waals surface area contributed by atoms with Crippen molar-refractivity contribution < 1.29 is 58.6 Å². The Bertz CT molecular complexity index is 1430. The Labute approximate surface area is 254 Å². The molecule has 0 aromatic heterocycles.